The highest BCUT2D eigenvalue weighted by atomic mass is 32.2. The van der Waals surface area contributed by atoms with Crippen molar-refractivity contribution in [1.82, 2.24) is 9.62 Å². The van der Waals surface area contributed by atoms with Gasteiger partial charge in [-0.2, -0.15) is 0 Å². The number of carbonyl (C=O) groups excluding carboxylic acids is 1. The molecule has 31 heavy (non-hydrogen) atoms. The van der Waals surface area contributed by atoms with Crippen molar-refractivity contribution >= 4 is 15.9 Å². The zero-order valence-corrected chi connectivity index (χ0v) is 18.4. The molecule has 4 aliphatic heterocycles. The Morgan fingerprint density at radius 2 is 1.77 bits per heavy atom. The van der Waals surface area contributed by atoms with Crippen LogP contribution in [-0.4, -0.2) is 75.6 Å². The van der Waals surface area contributed by atoms with Crippen molar-refractivity contribution < 1.29 is 27.4 Å². The van der Waals surface area contributed by atoms with Gasteiger partial charge in [0, 0.05) is 12.6 Å². The second kappa shape index (κ2) is 8.69. The molecule has 9 heteroatoms. The number of para-hydroxylation sites is 1. The van der Waals surface area contributed by atoms with Crippen molar-refractivity contribution in [2.24, 2.45) is 0 Å². The monoisotopic (exact) mass is 450 g/mol. The van der Waals surface area contributed by atoms with Gasteiger partial charge in [0.1, 0.15) is 11.0 Å². The number of amides is 1. The van der Waals surface area contributed by atoms with E-state index in [2.05, 4.69) is 10.8 Å². The Bertz CT molecular complexity index is 910. The Labute approximate surface area is 183 Å². The van der Waals surface area contributed by atoms with Crippen LogP contribution in [0, 0.1) is 0 Å². The molecule has 4 heterocycles. The van der Waals surface area contributed by atoms with Crippen molar-refractivity contribution in [3.05, 3.63) is 29.8 Å². The Balaban J connectivity index is 1.37. The first kappa shape index (κ1) is 21.2. The Morgan fingerprint density at radius 3 is 2.52 bits per heavy atom. The fourth-order valence-corrected chi connectivity index (χ4v) is 6.59. The minimum Gasteiger partial charge on any atom is -0.483 e. The van der Waals surface area contributed by atoms with E-state index in [0.29, 0.717) is 25.5 Å². The summed E-state index contributed by atoms with van der Waals surface area (Å²) in [5.74, 6) is 1.05. The lowest BCUT2D eigenvalue weighted by Gasteiger charge is -2.33. The van der Waals surface area contributed by atoms with Gasteiger partial charge in [0.25, 0.3) is 5.91 Å². The van der Waals surface area contributed by atoms with Crippen LogP contribution >= 0.6 is 0 Å². The quantitative estimate of drug-likeness (QED) is 0.748. The third kappa shape index (κ3) is 4.33. The summed E-state index contributed by atoms with van der Waals surface area (Å²) in [4.78, 5) is 14.8. The number of fused-ring (bicyclic) bond motifs is 5. The van der Waals surface area contributed by atoms with Gasteiger partial charge in [-0.3, -0.25) is 4.79 Å². The predicted molar refractivity (Wildman–Crippen MR) is 113 cm³/mol. The van der Waals surface area contributed by atoms with Crippen molar-refractivity contribution in [2.75, 3.05) is 33.0 Å². The fraction of sp³-hybridized carbons (Fsp3) is 0.682. The van der Waals surface area contributed by atoms with E-state index >= 15 is 0 Å². The molecule has 8 nitrogen and oxygen atoms in total. The number of ether oxygens (including phenoxy) is 3. The Hall–Kier alpha value is -1.68. The van der Waals surface area contributed by atoms with Crippen LogP contribution in [0.25, 0.3) is 0 Å². The number of hydrogen-bond acceptors (Lipinski definition) is 6. The van der Waals surface area contributed by atoms with Gasteiger partial charge < -0.3 is 19.1 Å². The zero-order valence-electron chi connectivity index (χ0n) is 17.6. The zero-order chi connectivity index (χ0) is 21.4. The molecule has 0 aromatic heterocycles. The molecule has 0 spiro atoms. The van der Waals surface area contributed by atoms with Gasteiger partial charge in [-0.25, -0.2) is 13.1 Å². The molecule has 6 rings (SSSR count). The topological polar surface area (TPSA) is 94.2 Å². The van der Waals surface area contributed by atoms with Crippen LogP contribution in [0.1, 0.15) is 43.6 Å². The summed E-state index contributed by atoms with van der Waals surface area (Å²) in [6.45, 7) is 1.21. The number of rotatable bonds is 3. The van der Waals surface area contributed by atoms with E-state index in [9.17, 15) is 13.2 Å². The predicted octanol–water partition coefficient (Wildman–Crippen LogP) is 1.41. The average molecular weight is 451 g/mol. The van der Waals surface area contributed by atoms with Crippen molar-refractivity contribution in [3.8, 4) is 5.75 Å². The molecular weight excluding hydrogens is 420 g/mol. The minimum absolute atomic E-state index is 0.0560. The third-order valence-corrected chi connectivity index (χ3v) is 8.90. The van der Waals surface area contributed by atoms with Crippen LogP contribution in [-0.2, 0) is 24.3 Å². The lowest BCUT2D eigenvalue weighted by atomic mass is 9.82. The highest BCUT2D eigenvalue weighted by molar-refractivity contribution is 7.90. The molecule has 1 aromatic rings. The summed E-state index contributed by atoms with van der Waals surface area (Å²) in [5.41, 5.74) is 1.17. The molecule has 2 unspecified atom stereocenters. The normalized spacial score (nSPS) is 32.1. The van der Waals surface area contributed by atoms with Crippen molar-refractivity contribution in [1.29, 1.82) is 0 Å². The first-order chi connectivity index (χ1) is 15.0. The molecule has 5 aliphatic rings. The van der Waals surface area contributed by atoms with Gasteiger partial charge in [-0.15, -0.1) is 0 Å². The van der Waals surface area contributed by atoms with Crippen LogP contribution in [0.5, 0.6) is 5.75 Å². The largest absolute Gasteiger partial charge is 0.483 e. The molecule has 1 N–H and O–H groups in total. The van der Waals surface area contributed by atoms with E-state index in [1.807, 2.05) is 18.2 Å². The first-order valence-corrected chi connectivity index (χ1v) is 12.8. The smallest absolute Gasteiger partial charge is 0.260 e. The standard InChI is InChI=1S/C22H30N2O6S/c25-22-14-30-21-4-2-1-3-18(21)15-5-7-16(8-6-15)29-13-20-19(9-10-24(20)22)23-31(26,27)17-11-28-12-17/h1-4,15-17,19-20,23H,5-14H2. The lowest BCUT2D eigenvalue weighted by molar-refractivity contribution is -0.136. The number of sulfonamides is 1. The molecule has 1 amide bonds. The minimum atomic E-state index is -3.48. The SMILES string of the molecule is O=C1COc2ccccc2C2CCC(CC2)OCC2C(NS(=O)(=O)C3COC3)CCN12. The van der Waals surface area contributed by atoms with Gasteiger partial charge in [-0.1, -0.05) is 18.2 Å². The molecule has 1 aromatic carbocycles. The van der Waals surface area contributed by atoms with Gasteiger partial charge in [0.15, 0.2) is 6.61 Å². The van der Waals surface area contributed by atoms with Crippen molar-refractivity contribution in [3.63, 3.8) is 0 Å². The molecule has 2 bridgehead atoms. The summed E-state index contributed by atoms with van der Waals surface area (Å²) in [6.07, 6.45) is 4.65. The number of hydrogen-bond donors (Lipinski definition) is 1. The molecular formula is C22H30N2O6S. The van der Waals surface area contributed by atoms with Crippen LogP contribution in [0.2, 0.25) is 0 Å². The van der Waals surface area contributed by atoms with E-state index in [1.165, 1.54) is 5.56 Å². The van der Waals surface area contributed by atoms with Crippen LogP contribution < -0.4 is 9.46 Å². The summed E-state index contributed by atoms with van der Waals surface area (Å²) in [7, 11) is -3.48. The number of nitrogens with one attached hydrogen (secondary N) is 1. The highest BCUT2D eigenvalue weighted by Gasteiger charge is 2.43. The van der Waals surface area contributed by atoms with Gasteiger partial charge in [0.2, 0.25) is 10.0 Å². The van der Waals surface area contributed by atoms with Crippen LogP contribution in [0.4, 0.5) is 0 Å². The molecule has 2 atom stereocenters. The maximum absolute atomic E-state index is 13.0. The second-order valence-electron chi connectivity index (χ2n) is 9.01. The Morgan fingerprint density at radius 1 is 1.00 bits per heavy atom. The van der Waals surface area contributed by atoms with Gasteiger partial charge in [0.05, 0.1) is 32.0 Å². The summed E-state index contributed by atoms with van der Waals surface area (Å²) in [6, 6.07) is 7.29. The number of carbonyl (C=O) groups is 1. The number of nitrogens with zero attached hydrogens (tertiary/aromatic N) is 1. The molecule has 1 saturated carbocycles. The summed E-state index contributed by atoms with van der Waals surface area (Å²) < 4.78 is 45.4. The van der Waals surface area contributed by atoms with E-state index < -0.39 is 15.3 Å². The van der Waals surface area contributed by atoms with Crippen molar-refractivity contribution in [2.45, 2.75) is 61.5 Å². The second-order valence-corrected chi connectivity index (χ2v) is 11.0. The lowest BCUT2D eigenvalue weighted by Crippen LogP contribution is -2.54. The molecule has 1 aliphatic carbocycles. The number of benzene rings is 1. The highest BCUT2D eigenvalue weighted by Crippen LogP contribution is 2.39. The summed E-state index contributed by atoms with van der Waals surface area (Å²) in [5, 5.41) is -0.511. The van der Waals surface area contributed by atoms with E-state index in [4.69, 9.17) is 14.2 Å². The molecule has 3 fully saturated rings. The molecule has 0 radical (unpaired) electrons. The maximum atomic E-state index is 13.0. The average Bonchev–Trinajstić information content (AvgIpc) is 3.11. The molecule has 2 saturated heterocycles. The first-order valence-electron chi connectivity index (χ1n) is 11.2. The van der Waals surface area contributed by atoms with Crippen LogP contribution in [0.3, 0.4) is 0 Å². The van der Waals surface area contributed by atoms with Gasteiger partial charge >= 0.3 is 0 Å². The Kier molecular flexibility index (Phi) is 5.94. The van der Waals surface area contributed by atoms with E-state index in [1.54, 1.807) is 4.90 Å². The van der Waals surface area contributed by atoms with Gasteiger partial charge in [-0.05, 0) is 49.7 Å². The van der Waals surface area contributed by atoms with E-state index in [-0.39, 0.29) is 43.9 Å². The fourth-order valence-electron chi connectivity index (χ4n) is 5.15. The van der Waals surface area contributed by atoms with Crippen LogP contribution in [0.15, 0.2) is 24.3 Å². The third-order valence-electron chi connectivity index (χ3n) is 7.11. The summed E-state index contributed by atoms with van der Waals surface area (Å²) >= 11 is 0. The maximum Gasteiger partial charge on any atom is 0.260 e. The molecule has 170 valence electrons. The van der Waals surface area contributed by atoms with E-state index in [0.717, 1.165) is 31.4 Å².